The van der Waals surface area contributed by atoms with E-state index in [1.165, 1.54) is 0 Å². The van der Waals surface area contributed by atoms with E-state index in [0.717, 1.165) is 31.3 Å². The zero-order valence-electron chi connectivity index (χ0n) is 12.5. The number of carbonyl (C=O) groups excluding carboxylic acids is 1. The SMILES string of the molecule is CN(C)C1CCN(C(=O)c2cc3cc(N)ccc3o2)CC1. The predicted octanol–water partition coefficient (Wildman–Crippen LogP) is 2.18. The van der Waals surface area contributed by atoms with Crippen LogP contribution in [0.25, 0.3) is 11.0 Å². The number of furan rings is 1. The lowest BCUT2D eigenvalue weighted by Gasteiger charge is -2.34. The molecule has 0 bridgehead atoms. The molecule has 0 unspecified atom stereocenters. The zero-order chi connectivity index (χ0) is 15.0. The van der Waals surface area contributed by atoms with Crippen LogP contribution in [-0.4, -0.2) is 48.9 Å². The van der Waals surface area contributed by atoms with Gasteiger partial charge in [0.25, 0.3) is 5.91 Å². The van der Waals surface area contributed by atoms with E-state index in [1.807, 2.05) is 11.0 Å². The third kappa shape index (κ3) is 2.74. The number of piperidine rings is 1. The first-order valence-corrected chi connectivity index (χ1v) is 7.29. The molecule has 2 aromatic rings. The van der Waals surface area contributed by atoms with Gasteiger partial charge in [0.15, 0.2) is 5.76 Å². The van der Waals surface area contributed by atoms with Crippen LogP contribution in [0.3, 0.4) is 0 Å². The molecule has 1 aromatic heterocycles. The molecule has 5 nitrogen and oxygen atoms in total. The highest BCUT2D eigenvalue weighted by atomic mass is 16.3. The molecule has 0 atom stereocenters. The number of hydrogen-bond acceptors (Lipinski definition) is 4. The molecule has 21 heavy (non-hydrogen) atoms. The summed E-state index contributed by atoms with van der Waals surface area (Å²) in [6, 6.07) is 7.76. The molecule has 0 aliphatic carbocycles. The van der Waals surface area contributed by atoms with E-state index in [-0.39, 0.29) is 5.91 Å². The number of hydrogen-bond donors (Lipinski definition) is 1. The topological polar surface area (TPSA) is 62.7 Å². The summed E-state index contributed by atoms with van der Waals surface area (Å²) in [6.07, 6.45) is 2.01. The lowest BCUT2D eigenvalue weighted by atomic mass is 10.0. The van der Waals surface area contributed by atoms with Crippen molar-refractivity contribution in [1.29, 1.82) is 0 Å². The first-order valence-electron chi connectivity index (χ1n) is 7.29. The van der Waals surface area contributed by atoms with Crippen LogP contribution in [0.5, 0.6) is 0 Å². The maximum absolute atomic E-state index is 12.5. The molecule has 2 heterocycles. The molecule has 3 rings (SSSR count). The summed E-state index contributed by atoms with van der Waals surface area (Å²) >= 11 is 0. The summed E-state index contributed by atoms with van der Waals surface area (Å²) in [6.45, 7) is 1.56. The Morgan fingerprint density at radius 2 is 2.00 bits per heavy atom. The van der Waals surface area contributed by atoms with E-state index in [0.29, 0.717) is 23.1 Å². The van der Waals surface area contributed by atoms with Crippen molar-refractivity contribution >= 4 is 22.6 Å². The van der Waals surface area contributed by atoms with Crippen molar-refractivity contribution in [2.45, 2.75) is 18.9 Å². The number of rotatable bonds is 2. The van der Waals surface area contributed by atoms with Crippen molar-refractivity contribution < 1.29 is 9.21 Å². The fraction of sp³-hybridized carbons (Fsp3) is 0.438. The van der Waals surface area contributed by atoms with E-state index in [2.05, 4.69) is 19.0 Å². The summed E-state index contributed by atoms with van der Waals surface area (Å²) in [5.41, 5.74) is 7.13. The van der Waals surface area contributed by atoms with Crippen molar-refractivity contribution in [3.05, 3.63) is 30.0 Å². The molecule has 1 amide bonds. The summed E-state index contributed by atoms with van der Waals surface area (Å²) in [5, 5.41) is 0.876. The van der Waals surface area contributed by atoms with E-state index in [4.69, 9.17) is 10.2 Å². The van der Waals surface area contributed by atoms with Crippen molar-refractivity contribution in [2.24, 2.45) is 0 Å². The number of fused-ring (bicyclic) bond motifs is 1. The second kappa shape index (κ2) is 5.41. The number of likely N-dealkylation sites (tertiary alicyclic amines) is 1. The van der Waals surface area contributed by atoms with Crippen LogP contribution in [-0.2, 0) is 0 Å². The normalized spacial score (nSPS) is 16.8. The molecule has 1 saturated heterocycles. The summed E-state index contributed by atoms with van der Waals surface area (Å²) in [7, 11) is 4.18. The molecule has 1 aliphatic rings. The minimum Gasteiger partial charge on any atom is -0.451 e. The molecule has 1 fully saturated rings. The number of anilines is 1. The monoisotopic (exact) mass is 287 g/mol. The van der Waals surface area contributed by atoms with Crippen LogP contribution < -0.4 is 5.73 Å². The van der Waals surface area contributed by atoms with Crippen molar-refractivity contribution in [1.82, 2.24) is 9.80 Å². The number of nitrogens with two attached hydrogens (primary N) is 1. The van der Waals surface area contributed by atoms with Gasteiger partial charge in [0.05, 0.1) is 0 Å². The van der Waals surface area contributed by atoms with Crippen molar-refractivity contribution in [2.75, 3.05) is 32.9 Å². The highest BCUT2D eigenvalue weighted by Gasteiger charge is 2.26. The maximum Gasteiger partial charge on any atom is 0.289 e. The average Bonchev–Trinajstić information content (AvgIpc) is 2.89. The van der Waals surface area contributed by atoms with Gasteiger partial charge in [-0.2, -0.15) is 0 Å². The molecule has 0 radical (unpaired) electrons. The Morgan fingerprint density at radius 1 is 1.29 bits per heavy atom. The fourth-order valence-electron chi connectivity index (χ4n) is 2.91. The van der Waals surface area contributed by atoms with Gasteiger partial charge in [0, 0.05) is 30.2 Å². The van der Waals surface area contributed by atoms with Crippen LogP contribution in [0, 0.1) is 0 Å². The largest absolute Gasteiger partial charge is 0.451 e. The predicted molar refractivity (Wildman–Crippen MR) is 83.2 cm³/mol. The second-order valence-electron chi connectivity index (χ2n) is 5.89. The minimum atomic E-state index is -0.0259. The Balaban J connectivity index is 1.75. The van der Waals surface area contributed by atoms with E-state index in [1.54, 1.807) is 18.2 Å². The van der Waals surface area contributed by atoms with E-state index in [9.17, 15) is 4.79 Å². The quantitative estimate of drug-likeness (QED) is 0.860. The van der Waals surface area contributed by atoms with Crippen LogP contribution in [0.15, 0.2) is 28.7 Å². The van der Waals surface area contributed by atoms with Crippen LogP contribution >= 0.6 is 0 Å². The van der Waals surface area contributed by atoms with Gasteiger partial charge in [0.2, 0.25) is 0 Å². The highest BCUT2D eigenvalue weighted by Crippen LogP contribution is 2.24. The number of amides is 1. The van der Waals surface area contributed by atoms with Crippen molar-refractivity contribution in [3.8, 4) is 0 Å². The Kier molecular flexibility index (Phi) is 3.59. The number of nitrogens with zero attached hydrogens (tertiary/aromatic N) is 2. The van der Waals surface area contributed by atoms with Crippen LogP contribution in [0.1, 0.15) is 23.4 Å². The smallest absolute Gasteiger partial charge is 0.289 e. The number of carbonyl (C=O) groups is 1. The summed E-state index contributed by atoms with van der Waals surface area (Å²) in [4.78, 5) is 16.6. The van der Waals surface area contributed by atoms with Gasteiger partial charge in [-0.15, -0.1) is 0 Å². The minimum absolute atomic E-state index is 0.0259. The van der Waals surface area contributed by atoms with Crippen LogP contribution in [0.2, 0.25) is 0 Å². The van der Waals surface area contributed by atoms with Gasteiger partial charge in [-0.1, -0.05) is 0 Å². The number of benzene rings is 1. The molecule has 0 saturated carbocycles. The molecule has 2 N–H and O–H groups in total. The average molecular weight is 287 g/mol. The standard InChI is InChI=1S/C16H21N3O2/c1-18(2)13-5-7-19(8-6-13)16(20)15-10-11-9-12(17)3-4-14(11)21-15/h3-4,9-10,13H,5-8,17H2,1-2H3. The summed E-state index contributed by atoms with van der Waals surface area (Å²) in [5.74, 6) is 0.376. The lowest BCUT2D eigenvalue weighted by Crippen LogP contribution is -2.44. The van der Waals surface area contributed by atoms with Gasteiger partial charge in [-0.3, -0.25) is 4.79 Å². The van der Waals surface area contributed by atoms with Crippen LogP contribution in [0.4, 0.5) is 5.69 Å². The molecule has 1 aliphatic heterocycles. The molecular weight excluding hydrogens is 266 g/mol. The zero-order valence-corrected chi connectivity index (χ0v) is 12.5. The molecule has 112 valence electrons. The van der Waals surface area contributed by atoms with Gasteiger partial charge >= 0.3 is 0 Å². The van der Waals surface area contributed by atoms with E-state index >= 15 is 0 Å². The third-order valence-electron chi connectivity index (χ3n) is 4.23. The van der Waals surface area contributed by atoms with Gasteiger partial charge < -0.3 is 20.0 Å². The fourth-order valence-corrected chi connectivity index (χ4v) is 2.91. The van der Waals surface area contributed by atoms with E-state index < -0.39 is 0 Å². The second-order valence-corrected chi connectivity index (χ2v) is 5.89. The Labute approximate surface area is 124 Å². The number of nitrogen functional groups attached to an aromatic ring is 1. The Bertz CT molecular complexity index is 655. The van der Waals surface area contributed by atoms with Gasteiger partial charge in [-0.05, 0) is 51.2 Å². The van der Waals surface area contributed by atoms with Gasteiger partial charge in [-0.25, -0.2) is 0 Å². The first kappa shape index (κ1) is 13.9. The summed E-state index contributed by atoms with van der Waals surface area (Å²) < 4.78 is 5.66. The molecule has 0 spiro atoms. The first-order chi connectivity index (χ1) is 10.0. The Hall–Kier alpha value is -2.01. The lowest BCUT2D eigenvalue weighted by molar-refractivity contribution is 0.0634. The molecule has 1 aromatic carbocycles. The van der Waals surface area contributed by atoms with Crippen molar-refractivity contribution in [3.63, 3.8) is 0 Å². The third-order valence-corrected chi connectivity index (χ3v) is 4.23. The Morgan fingerprint density at radius 3 is 2.67 bits per heavy atom. The highest BCUT2D eigenvalue weighted by molar-refractivity contribution is 5.96. The molecule has 5 heteroatoms. The molecular formula is C16H21N3O2. The maximum atomic E-state index is 12.5. The van der Waals surface area contributed by atoms with Gasteiger partial charge in [0.1, 0.15) is 5.58 Å².